The molecule has 52 heavy (non-hydrogen) atoms. The van der Waals surface area contributed by atoms with Gasteiger partial charge in [-0.3, -0.25) is 19.6 Å². The summed E-state index contributed by atoms with van der Waals surface area (Å²) in [5.74, 6) is -0.654. The van der Waals surface area contributed by atoms with Gasteiger partial charge in [0, 0.05) is 55.5 Å². The zero-order valence-corrected chi connectivity index (χ0v) is 29.9. The fourth-order valence-electron chi connectivity index (χ4n) is 7.57. The third-order valence-electron chi connectivity index (χ3n) is 10.6. The molecule has 3 aliphatic heterocycles. The molecular weight excluding hydrogens is 670 g/mol. The van der Waals surface area contributed by atoms with Crippen molar-refractivity contribution in [2.24, 2.45) is 0 Å². The highest BCUT2D eigenvalue weighted by Crippen LogP contribution is 2.40. The second-order valence-electron chi connectivity index (χ2n) is 13.8. The minimum absolute atomic E-state index is 0.0657. The number of hydroxylamine groups is 1. The zero-order chi connectivity index (χ0) is 37.0. The number of piperazine rings is 1. The van der Waals surface area contributed by atoms with Crippen LogP contribution >= 0.6 is 0 Å². The maximum atomic E-state index is 13.6. The summed E-state index contributed by atoms with van der Waals surface area (Å²) in [4.78, 5) is 71.5. The number of benzene rings is 1. The van der Waals surface area contributed by atoms with Gasteiger partial charge in [-0.25, -0.2) is 20.1 Å². The van der Waals surface area contributed by atoms with E-state index in [1.165, 1.54) is 0 Å². The highest BCUT2D eigenvalue weighted by atomic mass is 16.6. The second kappa shape index (κ2) is 15.8. The Bertz CT molecular complexity index is 1930. The number of hydrogen-bond acceptors (Lipinski definition) is 10. The van der Waals surface area contributed by atoms with Crippen molar-refractivity contribution in [2.75, 3.05) is 26.2 Å². The lowest BCUT2D eigenvalue weighted by Gasteiger charge is -2.34. The van der Waals surface area contributed by atoms with E-state index in [4.69, 9.17) is 19.7 Å². The van der Waals surface area contributed by atoms with E-state index >= 15 is 0 Å². The first kappa shape index (κ1) is 37.0. The van der Waals surface area contributed by atoms with Gasteiger partial charge in [0.2, 0.25) is 11.8 Å². The number of ether oxygens (including phenoxy) is 2. The molecule has 14 heteroatoms. The number of nitrogens with one attached hydrogen (secondary N) is 1. The van der Waals surface area contributed by atoms with Crippen LogP contribution in [-0.2, 0) is 44.3 Å². The number of carbonyl (C=O) groups excluding carboxylic acids is 4. The zero-order valence-electron chi connectivity index (χ0n) is 29.9. The Balaban J connectivity index is 1.04. The molecule has 3 aromatic rings. The van der Waals surface area contributed by atoms with Crippen LogP contribution in [0.3, 0.4) is 0 Å². The Morgan fingerprint density at radius 1 is 0.923 bits per heavy atom. The summed E-state index contributed by atoms with van der Waals surface area (Å²) in [5.41, 5.74) is 3.63. The number of cyclic esters (lactones) is 1. The largest absolute Gasteiger partial charge is 0.458 e. The lowest BCUT2D eigenvalue weighted by atomic mass is 9.86. The maximum absolute atomic E-state index is 13.6. The standard InChI is InChI=1S/C38H47N5O9/c1-3-25-26-20-24(52-37(48)42-18-16-41(17-19-42)33(45)13-11-9-7-5-6-8-10-12-32(44)40-50)14-15-30(26)39-34-27(25)22-43-31(34)21-29-28(35(43)46)23-51-36(47)38(29,49)4-2/h14-15,20-21,49-50H,3-13,16-19,22-23H2,1-2H3,(H,40,44)/t38-/m0/s1. The predicted molar refractivity (Wildman–Crippen MR) is 190 cm³/mol. The fourth-order valence-corrected chi connectivity index (χ4v) is 7.57. The molecule has 5 heterocycles. The van der Waals surface area contributed by atoms with Gasteiger partial charge in [-0.2, -0.15) is 0 Å². The molecule has 1 aromatic carbocycles. The molecule has 278 valence electrons. The van der Waals surface area contributed by atoms with Gasteiger partial charge in [-0.05, 0) is 55.5 Å². The molecule has 2 aromatic heterocycles. The molecule has 1 fully saturated rings. The molecular formula is C38H47N5O9. The molecule has 0 unspecified atom stereocenters. The number of pyridine rings is 2. The minimum Gasteiger partial charge on any atom is -0.458 e. The van der Waals surface area contributed by atoms with Crippen molar-refractivity contribution in [3.8, 4) is 17.1 Å². The molecule has 1 atom stereocenters. The number of unbranched alkanes of at least 4 members (excludes halogenated alkanes) is 6. The van der Waals surface area contributed by atoms with Crippen molar-refractivity contribution < 1.29 is 39.0 Å². The topological polar surface area (TPSA) is 181 Å². The van der Waals surface area contributed by atoms with E-state index < -0.39 is 17.7 Å². The van der Waals surface area contributed by atoms with Crippen LogP contribution in [0.1, 0.15) is 100 Å². The van der Waals surface area contributed by atoms with E-state index in [9.17, 15) is 29.1 Å². The van der Waals surface area contributed by atoms with Gasteiger partial charge in [0.15, 0.2) is 5.60 Å². The van der Waals surface area contributed by atoms with Gasteiger partial charge in [-0.1, -0.05) is 46.0 Å². The van der Waals surface area contributed by atoms with E-state index in [1.807, 2.05) is 6.92 Å². The SMILES string of the molecule is CCc1c2c(nc3ccc(OC(=O)N4CCN(C(=O)CCCCCCCCCC(=O)NO)CC4)cc13)-c1cc3c(c(=O)n1C2)COC(=O)[C@]3(O)CC. The highest BCUT2D eigenvalue weighted by Gasteiger charge is 2.45. The quantitative estimate of drug-likeness (QED) is 0.0781. The van der Waals surface area contributed by atoms with E-state index in [0.29, 0.717) is 68.1 Å². The monoisotopic (exact) mass is 717 g/mol. The Kier molecular flexibility index (Phi) is 11.2. The Morgan fingerprint density at radius 3 is 2.27 bits per heavy atom. The summed E-state index contributed by atoms with van der Waals surface area (Å²) in [5, 5.41) is 20.5. The number of fused-ring (bicyclic) bond motifs is 5. The average Bonchev–Trinajstić information content (AvgIpc) is 3.53. The van der Waals surface area contributed by atoms with Crippen molar-refractivity contribution in [3.63, 3.8) is 0 Å². The van der Waals surface area contributed by atoms with Crippen LogP contribution in [0.15, 0.2) is 29.1 Å². The number of amides is 3. The van der Waals surface area contributed by atoms with E-state index in [-0.39, 0.29) is 48.1 Å². The summed E-state index contributed by atoms with van der Waals surface area (Å²) in [6.45, 7) is 5.42. The van der Waals surface area contributed by atoms with Crippen LogP contribution in [0.2, 0.25) is 0 Å². The van der Waals surface area contributed by atoms with Gasteiger partial charge < -0.3 is 28.9 Å². The van der Waals surface area contributed by atoms with E-state index in [2.05, 4.69) is 0 Å². The first-order valence-electron chi connectivity index (χ1n) is 18.4. The number of rotatable bonds is 13. The van der Waals surface area contributed by atoms with Crippen LogP contribution in [0.4, 0.5) is 4.79 Å². The third-order valence-corrected chi connectivity index (χ3v) is 10.6. The normalized spacial score (nSPS) is 17.7. The molecule has 3 amide bonds. The van der Waals surface area contributed by atoms with Crippen molar-refractivity contribution in [1.29, 1.82) is 0 Å². The minimum atomic E-state index is -1.90. The Labute approximate surface area is 301 Å². The third kappa shape index (κ3) is 7.26. The summed E-state index contributed by atoms with van der Waals surface area (Å²) in [6.07, 6.45) is 7.60. The van der Waals surface area contributed by atoms with Crippen molar-refractivity contribution in [2.45, 2.75) is 103 Å². The number of aromatic nitrogens is 2. The first-order valence-corrected chi connectivity index (χ1v) is 18.4. The van der Waals surface area contributed by atoms with Crippen LogP contribution in [0.25, 0.3) is 22.3 Å². The van der Waals surface area contributed by atoms with Gasteiger partial charge in [0.05, 0.1) is 29.0 Å². The second-order valence-corrected chi connectivity index (χ2v) is 13.8. The lowest BCUT2D eigenvalue weighted by Crippen LogP contribution is -2.51. The van der Waals surface area contributed by atoms with Gasteiger partial charge in [-0.15, -0.1) is 0 Å². The van der Waals surface area contributed by atoms with Crippen molar-refractivity contribution in [1.82, 2.24) is 24.8 Å². The Hall–Kier alpha value is -4.82. The van der Waals surface area contributed by atoms with Gasteiger partial charge in [0.25, 0.3) is 5.56 Å². The highest BCUT2D eigenvalue weighted by molar-refractivity contribution is 5.90. The molecule has 3 aliphatic rings. The molecule has 0 bridgehead atoms. The predicted octanol–water partition coefficient (Wildman–Crippen LogP) is 4.30. The number of hydrogen-bond donors (Lipinski definition) is 3. The number of aryl methyl sites for hydroxylation is 1. The summed E-state index contributed by atoms with van der Waals surface area (Å²) in [7, 11) is 0. The van der Waals surface area contributed by atoms with E-state index in [0.717, 1.165) is 61.5 Å². The lowest BCUT2D eigenvalue weighted by molar-refractivity contribution is -0.172. The molecule has 6 rings (SSSR count). The van der Waals surface area contributed by atoms with Crippen LogP contribution in [0, 0.1) is 0 Å². The summed E-state index contributed by atoms with van der Waals surface area (Å²) >= 11 is 0. The van der Waals surface area contributed by atoms with Crippen LogP contribution in [0.5, 0.6) is 5.75 Å². The van der Waals surface area contributed by atoms with Gasteiger partial charge in [0.1, 0.15) is 12.4 Å². The number of esters is 1. The molecule has 14 nitrogen and oxygen atoms in total. The van der Waals surface area contributed by atoms with Crippen molar-refractivity contribution >= 4 is 34.8 Å². The molecule has 0 saturated carbocycles. The molecule has 1 saturated heterocycles. The number of aliphatic hydroxyl groups is 1. The first-order chi connectivity index (χ1) is 25.1. The number of nitrogens with zero attached hydrogens (tertiary/aromatic N) is 4. The fraction of sp³-hybridized carbons (Fsp3) is 0.526. The molecule has 0 aliphatic carbocycles. The van der Waals surface area contributed by atoms with Crippen LogP contribution < -0.4 is 15.8 Å². The molecule has 3 N–H and O–H groups in total. The van der Waals surface area contributed by atoms with E-state index in [1.54, 1.807) is 51.0 Å². The number of carbonyl (C=O) groups is 4. The molecule has 0 spiro atoms. The van der Waals surface area contributed by atoms with Crippen LogP contribution in [-0.4, -0.2) is 79.7 Å². The Morgan fingerprint density at radius 2 is 1.60 bits per heavy atom. The average molecular weight is 718 g/mol. The maximum Gasteiger partial charge on any atom is 0.415 e. The summed E-state index contributed by atoms with van der Waals surface area (Å²) < 4.78 is 12.6. The van der Waals surface area contributed by atoms with Gasteiger partial charge >= 0.3 is 12.1 Å². The summed E-state index contributed by atoms with van der Waals surface area (Å²) in [6, 6.07) is 6.97. The smallest absolute Gasteiger partial charge is 0.415 e. The molecule has 0 radical (unpaired) electrons. The van der Waals surface area contributed by atoms with Crippen molar-refractivity contribution in [3.05, 3.63) is 56.9 Å².